The third kappa shape index (κ3) is 4.39. The lowest BCUT2D eigenvalue weighted by atomic mass is 9.98. The highest BCUT2D eigenvalue weighted by molar-refractivity contribution is 7.86. The molecule has 0 unspecified atom stereocenters. The van der Waals surface area contributed by atoms with E-state index in [1.165, 1.54) is 24.3 Å². The maximum absolute atomic E-state index is 12.9. The first-order chi connectivity index (χ1) is 10.4. The Bertz CT molecular complexity index is 707. The van der Waals surface area contributed by atoms with Gasteiger partial charge in [0.2, 0.25) is 0 Å². The minimum Gasteiger partial charge on any atom is -0.266 e. The fraction of sp³-hybridized carbons (Fsp3) is 0.294. The van der Waals surface area contributed by atoms with Gasteiger partial charge in [0, 0.05) is 0 Å². The molecule has 0 N–H and O–H groups in total. The second-order valence-corrected chi connectivity index (χ2v) is 6.95. The van der Waals surface area contributed by atoms with Gasteiger partial charge in [-0.3, -0.25) is 4.18 Å². The summed E-state index contributed by atoms with van der Waals surface area (Å²) in [5, 5.41) is 0. The van der Waals surface area contributed by atoms with E-state index in [-0.39, 0.29) is 23.2 Å². The predicted octanol–water partition coefficient (Wildman–Crippen LogP) is 4.03. The van der Waals surface area contributed by atoms with E-state index in [1.54, 1.807) is 24.3 Å². The van der Waals surface area contributed by atoms with Crippen molar-refractivity contribution in [1.29, 1.82) is 0 Å². The van der Waals surface area contributed by atoms with Gasteiger partial charge in [-0.2, -0.15) is 8.42 Å². The third-order valence-electron chi connectivity index (χ3n) is 3.54. The molecule has 0 aliphatic heterocycles. The molecule has 0 bridgehead atoms. The second-order valence-electron chi connectivity index (χ2n) is 5.33. The van der Waals surface area contributed by atoms with Crippen LogP contribution < -0.4 is 0 Å². The zero-order chi connectivity index (χ0) is 16.2. The van der Waals surface area contributed by atoms with E-state index in [1.807, 2.05) is 13.8 Å². The van der Waals surface area contributed by atoms with Gasteiger partial charge in [-0.15, -0.1) is 0 Å². The van der Waals surface area contributed by atoms with E-state index in [4.69, 9.17) is 4.18 Å². The SMILES string of the molecule is Cc1ccc(S(=O)(=O)OCC[C@@H](C)c2ccc(F)cc2)cc1. The fourth-order valence-electron chi connectivity index (χ4n) is 2.07. The lowest BCUT2D eigenvalue weighted by Gasteiger charge is -2.12. The van der Waals surface area contributed by atoms with Crippen LogP contribution in [0, 0.1) is 12.7 Å². The van der Waals surface area contributed by atoms with Gasteiger partial charge >= 0.3 is 0 Å². The molecule has 2 aromatic rings. The molecule has 3 nitrogen and oxygen atoms in total. The van der Waals surface area contributed by atoms with Crippen molar-refractivity contribution in [3.63, 3.8) is 0 Å². The van der Waals surface area contributed by atoms with Crippen LogP contribution in [-0.4, -0.2) is 15.0 Å². The zero-order valence-electron chi connectivity index (χ0n) is 12.6. The lowest BCUT2D eigenvalue weighted by molar-refractivity contribution is 0.303. The molecule has 0 radical (unpaired) electrons. The molecule has 0 saturated heterocycles. The van der Waals surface area contributed by atoms with Gasteiger partial charge in [0.15, 0.2) is 0 Å². The normalized spacial score (nSPS) is 13.0. The van der Waals surface area contributed by atoms with Crippen molar-refractivity contribution in [3.8, 4) is 0 Å². The summed E-state index contributed by atoms with van der Waals surface area (Å²) in [6.45, 7) is 3.94. The topological polar surface area (TPSA) is 43.4 Å². The Kier molecular flexibility index (Phi) is 5.32. The summed E-state index contributed by atoms with van der Waals surface area (Å²) in [6, 6.07) is 12.7. The quantitative estimate of drug-likeness (QED) is 0.754. The van der Waals surface area contributed by atoms with Gasteiger partial charge in [-0.25, -0.2) is 4.39 Å². The van der Waals surface area contributed by atoms with Crippen LogP contribution in [0.3, 0.4) is 0 Å². The summed E-state index contributed by atoms with van der Waals surface area (Å²) in [6.07, 6.45) is 0.538. The molecule has 5 heteroatoms. The van der Waals surface area contributed by atoms with Crippen molar-refractivity contribution < 1.29 is 17.0 Å². The predicted molar refractivity (Wildman–Crippen MR) is 83.7 cm³/mol. The van der Waals surface area contributed by atoms with Crippen molar-refractivity contribution in [2.75, 3.05) is 6.61 Å². The third-order valence-corrected chi connectivity index (χ3v) is 4.86. The Labute approximate surface area is 130 Å². The first kappa shape index (κ1) is 16.6. The highest BCUT2D eigenvalue weighted by Gasteiger charge is 2.15. The Balaban J connectivity index is 1.92. The van der Waals surface area contributed by atoms with E-state index in [0.29, 0.717) is 6.42 Å². The van der Waals surface area contributed by atoms with Crippen LogP contribution in [0.4, 0.5) is 4.39 Å². The molecule has 0 spiro atoms. The standard InChI is InChI=1S/C17H19FO3S/c1-13-3-9-17(10-4-13)22(19,20)21-12-11-14(2)15-5-7-16(18)8-6-15/h3-10,14H,11-12H2,1-2H3/t14-/m1/s1. The van der Waals surface area contributed by atoms with Gasteiger partial charge in [0.05, 0.1) is 11.5 Å². The first-order valence-electron chi connectivity index (χ1n) is 7.10. The molecule has 118 valence electrons. The summed E-state index contributed by atoms with van der Waals surface area (Å²) in [5.41, 5.74) is 1.95. The van der Waals surface area contributed by atoms with Crippen LogP contribution in [-0.2, 0) is 14.3 Å². The van der Waals surface area contributed by atoms with E-state index in [2.05, 4.69) is 0 Å². The smallest absolute Gasteiger partial charge is 0.266 e. The van der Waals surface area contributed by atoms with Crippen molar-refractivity contribution in [2.24, 2.45) is 0 Å². The Morgan fingerprint density at radius 2 is 1.64 bits per heavy atom. The fourth-order valence-corrected chi connectivity index (χ4v) is 2.99. The van der Waals surface area contributed by atoms with Crippen LogP contribution in [0.1, 0.15) is 30.4 Å². The van der Waals surface area contributed by atoms with Crippen molar-refractivity contribution >= 4 is 10.1 Å². The highest BCUT2D eigenvalue weighted by Crippen LogP contribution is 2.20. The second kappa shape index (κ2) is 7.03. The van der Waals surface area contributed by atoms with Gasteiger partial charge < -0.3 is 0 Å². The molecule has 1 atom stereocenters. The van der Waals surface area contributed by atoms with Crippen molar-refractivity contribution in [3.05, 3.63) is 65.5 Å². The molecule has 0 fully saturated rings. The van der Waals surface area contributed by atoms with Crippen molar-refractivity contribution in [2.45, 2.75) is 31.1 Å². The summed E-state index contributed by atoms with van der Waals surface area (Å²) >= 11 is 0. The van der Waals surface area contributed by atoms with Crippen LogP contribution >= 0.6 is 0 Å². The maximum Gasteiger partial charge on any atom is 0.296 e. The molecule has 0 saturated carbocycles. The molecule has 0 amide bonds. The molecule has 2 aromatic carbocycles. The largest absolute Gasteiger partial charge is 0.296 e. The van der Waals surface area contributed by atoms with E-state index in [0.717, 1.165) is 11.1 Å². The monoisotopic (exact) mass is 322 g/mol. The Hall–Kier alpha value is -1.72. The molecule has 0 aliphatic carbocycles. The Morgan fingerprint density at radius 1 is 1.05 bits per heavy atom. The van der Waals surface area contributed by atoms with Crippen LogP contribution in [0.2, 0.25) is 0 Å². The van der Waals surface area contributed by atoms with Crippen molar-refractivity contribution in [1.82, 2.24) is 0 Å². The zero-order valence-corrected chi connectivity index (χ0v) is 13.4. The average Bonchev–Trinajstić information content (AvgIpc) is 2.48. The van der Waals surface area contributed by atoms with Gasteiger partial charge in [-0.05, 0) is 49.1 Å². The summed E-state index contributed by atoms with van der Waals surface area (Å²) < 4.78 is 42.0. The molecule has 0 aliphatic rings. The molecule has 0 heterocycles. The van der Waals surface area contributed by atoms with Crippen LogP contribution in [0.25, 0.3) is 0 Å². The minimum atomic E-state index is -3.72. The van der Waals surface area contributed by atoms with E-state index in [9.17, 15) is 12.8 Å². The molecule has 2 rings (SSSR count). The van der Waals surface area contributed by atoms with Gasteiger partial charge in [0.25, 0.3) is 10.1 Å². The average molecular weight is 322 g/mol. The molecular formula is C17H19FO3S. The minimum absolute atomic E-state index is 0.0915. The number of benzene rings is 2. The number of aryl methyl sites for hydroxylation is 1. The number of hydrogen-bond acceptors (Lipinski definition) is 3. The van der Waals surface area contributed by atoms with Crippen LogP contribution in [0.5, 0.6) is 0 Å². The van der Waals surface area contributed by atoms with Crippen LogP contribution in [0.15, 0.2) is 53.4 Å². The van der Waals surface area contributed by atoms with E-state index < -0.39 is 10.1 Å². The maximum atomic E-state index is 12.9. The van der Waals surface area contributed by atoms with Gasteiger partial charge in [0.1, 0.15) is 5.82 Å². The number of rotatable bonds is 6. The number of hydrogen-bond donors (Lipinski definition) is 0. The molecular weight excluding hydrogens is 303 g/mol. The Morgan fingerprint density at radius 3 is 2.23 bits per heavy atom. The number of halogens is 1. The molecule has 22 heavy (non-hydrogen) atoms. The molecule has 0 aromatic heterocycles. The van der Waals surface area contributed by atoms with Gasteiger partial charge in [-0.1, -0.05) is 36.8 Å². The summed E-state index contributed by atoms with van der Waals surface area (Å²) in [7, 11) is -3.72. The highest BCUT2D eigenvalue weighted by atomic mass is 32.2. The summed E-state index contributed by atoms with van der Waals surface area (Å²) in [5.74, 6) is -0.192. The van der Waals surface area contributed by atoms with E-state index >= 15 is 0 Å². The first-order valence-corrected chi connectivity index (χ1v) is 8.51. The summed E-state index contributed by atoms with van der Waals surface area (Å²) in [4.78, 5) is 0.160. The lowest BCUT2D eigenvalue weighted by Crippen LogP contribution is -2.09.